The van der Waals surface area contributed by atoms with E-state index in [1.807, 2.05) is 48.2 Å². The molecule has 7 heteroatoms. The number of rotatable bonds is 5. The maximum atomic E-state index is 12.8. The van der Waals surface area contributed by atoms with Crippen LogP contribution >= 0.6 is 35.4 Å². The lowest BCUT2D eigenvalue weighted by Gasteiger charge is -2.37. The second-order valence-electron chi connectivity index (χ2n) is 6.33. The fraction of sp³-hybridized carbons (Fsp3) is 0.238. The van der Waals surface area contributed by atoms with E-state index in [4.69, 9.17) is 40.2 Å². The van der Waals surface area contributed by atoms with Crippen molar-refractivity contribution in [3.05, 3.63) is 81.0 Å². The van der Waals surface area contributed by atoms with E-state index in [-0.39, 0.29) is 12.0 Å². The number of halogens is 2. The van der Waals surface area contributed by atoms with Gasteiger partial charge in [0.15, 0.2) is 5.11 Å². The topological polar surface area (TPSA) is 41.6 Å². The van der Waals surface area contributed by atoms with Crippen LogP contribution in [0.25, 0.3) is 0 Å². The highest BCUT2D eigenvalue weighted by Gasteiger charge is 2.34. The van der Waals surface area contributed by atoms with E-state index in [1.165, 1.54) is 0 Å². The van der Waals surface area contributed by atoms with Crippen LogP contribution in [0.4, 0.5) is 0 Å². The molecular formula is C21H20Cl2N2O2S. The van der Waals surface area contributed by atoms with Gasteiger partial charge in [0.2, 0.25) is 0 Å². The molecule has 0 bridgehead atoms. The maximum absolute atomic E-state index is 12.8. The number of carbonyl (C=O) groups excluding carboxylic acids is 1. The summed E-state index contributed by atoms with van der Waals surface area (Å²) < 4.78 is 5.33. The molecule has 1 heterocycles. The largest absolute Gasteiger partial charge is 0.463 e. The van der Waals surface area contributed by atoms with Crippen LogP contribution in [-0.4, -0.2) is 22.6 Å². The monoisotopic (exact) mass is 434 g/mol. The summed E-state index contributed by atoms with van der Waals surface area (Å²) in [7, 11) is 0. The number of hydrogen-bond donors (Lipinski definition) is 1. The third-order valence-corrected chi connectivity index (χ3v) is 5.49. The Hall–Kier alpha value is -2.08. The first kappa shape index (κ1) is 20.6. The van der Waals surface area contributed by atoms with Crippen molar-refractivity contribution in [3.63, 3.8) is 0 Å². The van der Waals surface area contributed by atoms with Crippen molar-refractivity contribution in [1.82, 2.24) is 10.2 Å². The van der Waals surface area contributed by atoms with Gasteiger partial charge in [-0.3, -0.25) is 0 Å². The summed E-state index contributed by atoms with van der Waals surface area (Å²) in [4.78, 5) is 14.6. The molecule has 0 fully saturated rings. The Morgan fingerprint density at radius 1 is 1.21 bits per heavy atom. The van der Waals surface area contributed by atoms with Crippen molar-refractivity contribution >= 4 is 46.5 Å². The van der Waals surface area contributed by atoms with Gasteiger partial charge in [-0.1, -0.05) is 59.6 Å². The summed E-state index contributed by atoms with van der Waals surface area (Å²) in [6.07, 6.45) is 0. The van der Waals surface area contributed by atoms with Gasteiger partial charge in [-0.15, -0.1) is 0 Å². The zero-order chi connectivity index (χ0) is 20.3. The second-order valence-corrected chi connectivity index (χ2v) is 7.56. The standard InChI is InChI=1S/C21H20Cl2N2O2S/c1-3-27-20(26)18-13(2)25(12-15-9-10-16(22)11-17(15)23)21(28)24-19(18)14-7-5-4-6-8-14/h4-11,19H,3,12H2,1-2H3,(H,24,28)/t19-/m1/s1. The zero-order valence-electron chi connectivity index (χ0n) is 15.5. The molecule has 0 radical (unpaired) electrons. The number of thiocarbonyl (C=S) groups is 1. The summed E-state index contributed by atoms with van der Waals surface area (Å²) in [5, 5.41) is 4.92. The van der Waals surface area contributed by atoms with Gasteiger partial charge in [-0.25, -0.2) is 4.79 Å². The molecule has 0 spiro atoms. The van der Waals surface area contributed by atoms with Gasteiger partial charge in [0, 0.05) is 15.7 Å². The van der Waals surface area contributed by atoms with Gasteiger partial charge in [0.25, 0.3) is 0 Å². The number of nitrogens with zero attached hydrogens (tertiary/aromatic N) is 1. The molecule has 28 heavy (non-hydrogen) atoms. The fourth-order valence-corrected chi connectivity index (χ4v) is 3.95. The van der Waals surface area contributed by atoms with Crippen LogP contribution in [0.1, 0.15) is 31.0 Å². The van der Waals surface area contributed by atoms with Crippen molar-refractivity contribution in [1.29, 1.82) is 0 Å². The molecule has 1 aliphatic rings. The molecular weight excluding hydrogens is 415 g/mol. The van der Waals surface area contributed by atoms with Crippen LogP contribution < -0.4 is 5.32 Å². The first-order valence-electron chi connectivity index (χ1n) is 8.87. The van der Waals surface area contributed by atoms with E-state index >= 15 is 0 Å². The number of esters is 1. The zero-order valence-corrected chi connectivity index (χ0v) is 17.9. The Labute approximate surface area is 180 Å². The third kappa shape index (κ3) is 4.32. The number of allylic oxidation sites excluding steroid dienone is 1. The van der Waals surface area contributed by atoms with Crippen molar-refractivity contribution < 1.29 is 9.53 Å². The van der Waals surface area contributed by atoms with Gasteiger partial charge < -0.3 is 15.0 Å². The first-order chi connectivity index (χ1) is 13.4. The Kier molecular flexibility index (Phi) is 6.60. The number of ether oxygens (including phenoxy) is 1. The van der Waals surface area contributed by atoms with Crippen molar-refractivity contribution in [2.75, 3.05) is 6.61 Å². The second kappa shape index (κ2) is 8.95. The van der Waals surface area contributed by atoms with Crippen molar-refractivity contribution in [2.24, 2.45) is 0 Å². The summed E-state index contributed by atoms with van der Waals surface area (Å²) in [6.45, 7) is 4.37. The molecule has 1 aliphatic heterocycles. The average molecular weight is 435 g/mol. The quantitative estimate of drug-likeness (QED) is 0.513. The summed E-state index contributed by atoms with van der Waals surface area (Å²) in [6, 6.07) is 14.7. The lowest BCUT2D eigenvalue weighted by Crippen LogP contribution is -2.47. The molecule has 3 rings (SSSR count). The molecule has 2 aromatic carbocycles. The Bertz CT molecular complexity index is 931. The van der Waals surface area contributed by atoms with Crippen molar-refractivity contribution in [2.45, 2.75) is 26.4 Å². The summed E-state index contributed by atoms with van der Waals surface area (Å²) in [5.74, 6) is -0.365. The minimum atomic E-state index is -0.371. The molecule has 0 aliphatic carbocycles. The van der Waals surface area contributed by atoms with Gasteiger partial charge in [0.1, 0.15) is 0 Å². The molecule has 2 aromatic rings. The molecule has 0 aromatic heterocycles. The third-order valence-electron chi connectivity index (χ3n) is 4.57. The van der Waals surface area contributed by atoms with Crippen LogP contribution in [0, 0.1) is 0 Å². The van der Waals surface area contributed by atoms with Gasteiger partial charge in [-0.05, 0) is 49.3 Å². The predicted octanol–water partition coefficient (Wildman–Crippen LogP) is 5.26. The summed E-state index contributed by atoms with van der Waals surface area (Å²) in [5.41, 5.74) is 3.07. The van der Waals surface area contributed by atoms with Gasteiger partial charge in [-0.2, -0.15) is 0 Å². The minimum absolute atomic E-state index is 0.296. The summed E-state index contributed by atoms with van der Waals surface area (Å²) >= 11 is 17.9. The normalized spacial score (nSPS) is 16.8. The van der Waals surface area contributed by atoms with Crippen LogP contribution in [0.3, 0.4) is 0 Å². The number of nitrogens with one attached hydrogen (secondary N) is 1. The molecule has 0 unspecified atom stereocenters. The molecule has 0 saturated heterocycles. The SMILES string of the molecule is CCOC(=O)C1=C(C)N(Cc2ccc(Cl)cc2Cl)C(=S)N[C@@H]1c1ccccc1. The average Bonchev–Trinajstić information content (AvgIpc) is 2.67. The molecule has 0 amide bonds. The van der Waals surface area contributed by atoms with Gasteiger partial charge >= 0.3 is 5.97 Å². The van der Waals surface area contributed by atoms with Crippen LogP contribution in [0.5, 0.6) is 0 Å². The van der Waals surface area contributed by atoms with E-state index in [2.05, 4.69) is 5.32 Å². The highest BCUT2D eigenvalue weighted by Crippen LogP contribution is 2.33. The highest BCUT2D eigenvalue weighted by atomic mass is 35.5. The molecule has 1 atom stereocenters. The van der Waals surface area contributed by atoms with E-state index in [9.17, 15) is 4.79 Å². The number of carbonyl (C=O) groups is 1. The van der Waals surface area contributed by atoms with Crippen LogP contribution in [0.2, 0.25) is 10.0 Å². The number of hydrogen-bond acceptors (Lipinski definition) is 3. The Morgan fingerprint density at radius 2 is 1.93 bits per heavy atom. The molecule has 0 saturated carbocycles. The maximum Gasteiger partial charge on any atom is 0.338 e. The van der Waals surface area contributed by atoms with Crippen LogP contribution in [0.15, 0.2) is 59.8 Å². The highest BCUT2D eigenvalue weighted by molar-refractivity contribution is 7.80. The van der Waals surface area contributed by atoms with E-state index in [0.29, 0.717) is 33.9 Å². The molecule has 4 nitrogen and oxygen atoms in total. The smallest absolute Gasteiger partial charge is 0.338 e. The van der Waals surface area contributed by atoms with E-state index in [1.54, 1.807) is 19.1 Å². The molecule has 1 N–H and O–H groups in total. The lowest BCUT2D eigenvalue weighted by molar-refractivity contribution is -0.139. The molecule has 146 valence electrons. The number of benzene rings is 2. The first-order valence-corrected chi connectivity index (χ1v) is 10.0. The van der Waals surface area contributed by atoms with E-state index < -0.39 is 0 Å². The lowest BCUT2D eigenvalue weighted by atomic mass is 9.95. The Balaban J connectivity index is 2.03. The fourth-order valence-electron chi connectivity index (χ4n) is 3.16. The Morgan fingerprint density at radius 3 is 2.57 bits per heavy atom. The minimum Gasteiger partial charge on any atom is -0.463 e. The van der Waals surface area contributed by atoms with Crippen LogP contribution in [-0.2, 0) is 16.1 Å². The van der Waals surface area contributed by atoms with Gasteiger partial charge in [0.05, 0.1) is 24.8 Å². The van der Waals surface area contributed by atoms with E-state index in [0.717, 1.165) is 16.8 Å². The van der Waals surface area contributed by atoms with Crippen molar-refractivity contribution in [3.8, 4) is 0 Å². The predicted molar refractivity (Wildman–Crippen MR) is 116 cm³/mol.